The first-order chi connectivity index (χ1) is 13.3. The van der Waals surface area contributed by atoms with E-state index in [0.717, 1.165) is 24.2 Å². The van der Waals surface area contributed by atoms with Crippen molar-refractivity contribution in [2.75, 3.05) is 32.8 Å². The van der Waals surface area contributed by atoms with Gasteiger partial charge in [-0.15, -0.1) is 0 Å². The van der Waals surface area contributed by atoms with E-state index in [0.29, 0.717) is 32.8 Å². The summed E-state index contributed by atoms with van der Waals surface area (Å²) in [5.41, 5.74) is 0.432. The number of carbonyl (C=O) groups excluding carboxylic acids is 2. The summed E-state index contributed by atoms with van der Waals surface area (Å²) in [6, 6.07) is 7.68. The maximum atomic E-state index is 12.5. The molecule has 1 aliphatic rings. The first kappa shape index (κ1) is 21.8. The van der Waals surface area contributed by atoms with E-state index in [1.807, 2.05) is 51.1 Å². The fraction of sp³-hybridized carbons (Fsp3) is 0.545. The monoisotopic (exact) mass is 388 g/mol. The summed E-state index contributed by atoms with van der Waals surface area (Å²) < 4.78 is 11.0. The van der Waals surface area contributed by atoms with Crippen LogP contribution in [0.25, 0.3) is 6.08 Å². The lowest BCUT2D eigenvalue weighted by Gasteiger charge is -2.26. The summed E-state index contributed by atoms with van der Waals surface area (Å²) in [5, 5.41) is 0. The molecule has 6 nitrogen and oxygen atoms in total. The molecule has 28 heavy (non-hydrogen) atoms. The van der Waals surface area contributed by atoms with Gasteiger partial charge in [-0.25, -0.2) is 4.79 Å². The Morgan fingerprint density at radius 3 is 2.32 bits per heavy atom. The predicted octanol–water partition coefficient (Wildman–Crippen LogP) is 3.96. The van der Waals surface area contributed by atoms with Gasteiger partial charge in [0.25, 0.3) is 0 Å². The zero-order chi connectivity index (χ0) is 20.6. The van der Waals surface area contributed by atoms with Gasteiger partial charge >= 0.3 is 6.09 Å². The maximum Gasteiger partial charge on any atom is 0.410 e. The molecule has 154 valence electrons. The van der Waals surface area contributed by atoms with Crippen molar-refractivity contribution in [1.82, 2.24) is 9.80 Å². The van der Waals surface area contributed by atoms with Gasteiger partial charge in [0.05, 0.1) is 6.61 Å². The molecule has 1 aromatic carbocycles. The van der Waals surface area contributed by atoms with Gasteiger partial charge in [-0.05, 0) is 57.4 Å². The Kier molecular flexibility index (Phi) is 7.91. The standard InChI is InChI=1S/C22H32N2O4/c1-5-17-27-19-10-7-18(8-11-19)9-12-20(25)23-13-6-14-24(16-15-23)21(26)28-22(2,3)4/h7-12H,5-6,13-17H2,1-4H3/b12-9+. The van der Waals surface area contributed by atoms with Crippen molar-refractivity contribution >= 4 is 18.1 Å². The van der Waals surface area contributed by atoms with Crippen LogP contribution in [0.5, 0.6) is 5.75 Å². The van der Waals surface area contributed by atoms with Crippen LogP contribution < -0.4 is 4.74 Å². The molecule has 0 atom stereocenters. The average Bonchev–Trinajstić information content (AvgIpc) is 2.90. The van der Waals surface area contributed by atoms with Crippen LogP contribution >= 0.6 is 0 Å². The molecule has 1 aromatic rings. The van der Waals surface area contributed by atoms with Crippen LogP contribution in [0.4, 0.5) is 4.79 Å². The summed E-state index contributed by atoms with van der Waals surface area (Å²) in [5.74, 6) is 0.789. The second-order valence-electron chi connectivity index (χ2n) is 7.90. The molecule has 1 heterocycles. The number of rotatable bonds is 5. The zero-order valence-electron chi connectivity index (χ0n) is 17.4. The maximum absolute atomic E-state index is 12.5. The second kappa shape index (κ2) is 10.2. The van der Waals surface area contributed by atoms with E-state index in [-0.39, 0.29) is 12.0 Å². The Morgan fingerprint density at radius 1 is 1.04 bits per heavy atom. The highest BCUT2D eigenvalue weighted by Gasteiger charge is 2.25. The third kappa shape index (κ3) is 7.25. The number of carbonyl (C=O) groups is 2. The molecule has 0 N–H and O–H groups in total. The SMILES string of the molecule is CCCOc1ccc(/C=C/C(=O)N2CCCN(C(=O)OC(C)(C)C)CC2)cc1. The molecular weight excluding hydrogens is 356 g/mol. The van der Waals surface area contributed by atoms with Gasteiger partial charge in [-0.1, -0.05) is 19.1 Å². The van der Waals surface area contributed by atoms with Gasteiger partial charge in [-0.2, -0.15) is 0 Å². The Bertz CT molecular complexity index is 677. The van der Waals surface area contributed by atoms with Crippen LogP contribution in [0.3, 0.4) is 0 Å². The minimum absolute atomic E-state index is 0.0441. The van der Waals surface area contributed by atoms with E-state index in [1.165, 1.54) is 0 Å². The molecule has 1 aliphatic heterocycles. The van der Waals surface area contributed by atoms with Crippen molar-refractivity contribution in [2.24, 2.45) is 0 Å². The quantitative estimate of drug-likeness (QED) is 0.717. The number of hydrogen-bond donors (Lipinski definition) is 0. The predicted molar refractivity (Wildman–Crippen MR) is 110 cm³/mol. The number of ether oxygens (including phenoxy) is 2. The minimum atomic E-state index is -0.515. The van der Waals surface area contributed by atoms with Crippen LogP contribution in [0.15, 0.2) is 30.3 Å². The molecule has 1 saturated heterocycles. The molecule has 0 aromatic heterocycles. The van der Waals surface area contributed by atoms with Gasteiger partial charge in [0.15, 0.2) is 0 Å². The smallest absolute Gasteiger partial charge is 0.410 e. The lowest BCUT2D eigenvalue weighted by Crippen LogP contribution is -2.39. The molecule has 0 spiro atoms. The zero-order valence-corrected chi connectivity index (χ0v) is 17.4. The third-order valence-electron chi connectivity index (χ3n) is 4.23. The Balaban J connectivity index is 1.87. The molecule has 0 aliphatic carbocycles. The van der Waals surface area contributed by atoms with Crippen LogP contribution in [-0.4, -0.2) is 60.2 Å². The van der Waals surface area contributed by atoms with E-state index < -0.39 is 5.60 Å². The van der Waals surface area contributed by atoms with E-state index >= 15 is 0 Å². The molecule has 0 radical (unpaired) electrons. The fourth-order valence-corrected chi connectivity index (χ4v) is 2.81. The van der Waals surface area contributed by atoms with Crippen molar-refractivity contribution in [3.8, 4) is 5.75 Å². The van der Waals surface area contributed by atoms with Gasteiger partial charge in [0.2, 0.25) is 5.91 Å². The summed E-state index contributed by atoms with van der Waals surface area (Å²) >= 11 is 0. The number of nitrogens with zero attached hydrogens (tertiary/aromatic N) is 2. The van der Waals surface area contributed by atoms with Crippen LogP contribution in [0.1, 0.15) is 46.1 Å². The van der Waals surface area contributed by atoms with E-state index in [2.05, 4.69) is 6.92 Å². The van der Waals surface area contributed by atoms with Crippen molar-refractivity contribution in [3.05, 3.63) is 35.9 Å². The average molecular weight is 389 g/mol. The van der Waals surface area contributed by atoms with Gasteiger partial charge < -0.3 is 19.3 Å². The van der Waals surface area contributed by atoms with Gasteiger partial charge in [-0.3, -0.25) is 4.79 Å². The van der Waals surface area contributed by atoms with E-state index in [4.69, 9.17) is 9.47 Å². The molecule has 1 fully saturated rings. The van der Waals surface area contributed by atoms with E-state index in [9.17, 15) is 9.59 Å². The highest BCUT2D eigenvalue weighted by molar-refractivity contribution is 5.91. The largest absolute Gasteiger partial charge is 0.494 e. The van der Waals surface area contributed by atoms with Crippen molar-refractivity contribution in [2.45, 2.75) is 46.1 Å². The lowest BCUT2D eigenvalue weighted by molar-refractivity contribution is -0.125. The minimum Gasteiger partial charge on any atom is -0.494 e. The molecule has 6 heteroatoms. The van der Waals surface area contributed by atoms with Gasteiger partial charge in [0, 0.05) is 32.3 Å². The molecule has 0 bridgehead atoms. The normalized spacial score (nSPS) is 15.4. The summed E-state index contributed by atoms with van der Waals surface area (Å²) in [6.07, 6.45) is 4.79. The topological polar surface area (TPSA) is 59.1 Å². The number of amides is 2. The summed E-state index contributed by atoms with van der Waals surface area (Å²) in [6.45, 7) is 10.5. The number of hydrogen-bond acceptors (Lipinski definition) is 4. The summed E-state index contributed by atoms with van der Waals surface area (Å²) in [4.78, 5) is 28.2. The lowest BCUT2D eigenvalue weighted by atomic mass is 10.2. The van der Waals surface area contributed by atoms with E-state index in [1.54, 1.807) is 15.9 Å². The Labute approximate surface area is 168 Å². The molecule has 0 unspecified atom stereocenters. The van der Waals surface area contributed by atoms with Crippen LogP contribution in [0, 0.1) is 0 Å². The molecule has 2 rings (SSSR count). The van der Waals surface area contributed by atoms with Crippen molar-refractivity contribution in [1.29, 1.82) is 0 Å². The summed E-state index contributed by atoms with van der Waals surface area (Å²) in [7, 11) is 0. The van der Waals surface area contributed by atoms with Crippen LogP contribution in [0.2, 0.25) is 0 Å². The number of benzene rings is 1. The highest BCUT2D eigenvalue weighted by Crippen LogP contribution is 2.15. The fourth-order valence-electron chi connectivity index (χ4n) is 2.81. The molecule has 0 saturated carbocycles. The van der Waals surface area contributed by atoms with Crippen LogP contribution in [-0.2, 0) is 9.53 Å². The second-order valence-corrected chi connectivity index (χ2v) is 7.90. The Morgan fingerprint density at radius 2 is 1.68 bits per heavy atom. The highest BCUT2D eigenvalue weighted by atomic mass is 16.6. The molecular formula is C22H32N2O4. The molecule has 2 amide bonds. The third-order valence-corrected chi connectivity index (χ3v) is 4.23. The first-order valence-corrected chi connectivity index (χ1v) is 9.96. The van der Waals surface area contributed by atoms with Crippen molar-refractivity contribution < 1.29 is 19.1 Å². The first-order valence-electron chi connectivity index (χ1n) is 9.96. The van der Waals surface area contributed by atoms with Crippen molar-refractivity contribution in [3.63, 3.8) is 0 Å². The van der Waals surface area contributed by atoms with Gasteiger partial charge in [0.1, 0.15) is 11.4 Å². The Hall–Kier alpha value is -2.50.